The van der Waals surface area contributed by atoms with Crippen molar-refractivity contribution in [2.24, 2.45) is 11.7 Å². The highest BCUT2D eigenvalue weighted by Gasteiger charge is 2.21. The third kappa shape index (κ3) is 3.03. The fourth-order valence-corrected chi connectivity index (χ4v) is 1.59. The van der Waals surface area contributed by atoms with Gasteiger partial charge in [-0.1, -0.05) is 13.8 Å². The average Bonchev–Trinajstić information content (AvgIpc) is 2.26. The van der Waals surface area contributed by atoms with Crippen LogP contribution in [-0.2, 0) is 4.79 Å². The Morgan fingerprint density at radius 3 is 2.50 bits per heavy atom. The van der Waals surface area contributed by atoms with Gasteiger partial charge in [0.25, 0.3) is 0 Å². The highest BCUT2D eigenvalue weighted by atomic mass is 19.1. The number of ether oxygens (including phenoxy) is 1. The van der Waals surface area contributed by atoms with Gasteiger partial charge in [-0.05, 0) is 5.92 Å². The molecule has 1 aromatic rings. The number of nitrogens with one attached hydrogen (secondary N) is 1. The number of anilines is 2. The van der Waals surface area contributed by atoms with Crippen LogP contribution in [0.2, 0.25) is 0 Å². The summed E-state index contributed by atoms with van der Waals surface area (Å²) in [6.45, 7) is 3.63. The van der Waals surface area contributed by atoms with E-state index in [0.29, 0.717) is 5.75 Å². The van der Waals surface area contributed by atoms with Crippen LogP contribution < -0.4 is 21.5 Å². The molecule has 0 aliphatic carbocycles. The second-order valence-corrected chi connectivity index (χ2v) is 4.34. The summed E-state index contributed by atoms with van der Waals surface area (Å²) >= 11 is 0. The molecule has 100 valence electrons. The number of primary amides is 1. The summed E-state index contributed by atoms with van der Waals surface area (Å²) in [4.78, 5) is 11.3. The maximum atomic E-state index is 13.7. The van der Waals surface area contributed by atoms with E-state index in [1.165, 1.54) is 13.2 Å². The Bertz CT molecular complexity index is 449. The second-order valence-electron chi connectivity index (χ2n) is 4.34. The van der Waals surface area contributed by atoms with Gasteiger partial charge in [-0.15, -0.1) is 0 Å². The zero-order chi connectivity index (χ0) is 13.9. The van der Waals surface area contributed by atoms with E-state index in [2.05, 4.69) is 5.32 Å². The molecule has 0 heterocycles. The number of nitrogen functional groups attached to an aromatic ring is 1. The Hall–Kier alpha value is -1.98. The lowest BCUT2D eigenvalue weighted by Gasteiger charge is -2.21. The van der Waals surface area contributed by atoms with Crippen molar-refractivity contribution in [1.29, 1.82) is 0 Å². The predicted octanol–water partition coefficient (Wildman–Crippen LogP) is 1.34. The molecule has 6 heteroatoms. The molecule has 0 spiro atoms. The topological polar surface area (TPSA) is 90.4 Å². The van der Waals surface area contributed by atoms with E-state index in [1.54, 1.807) is 0 Å². The van der Waals surface area contributed by atoms with Crippen molar-refractivity contribution in [2.45, 2.75) is 19.9 Å². The number of amides is 1. The molecule has 1 atom stereocenters. The Labute approximate surface area is 105 Å². The van der Waals surface area contributed by atoms with Crippen LogP contribution in [0.4, 0.5) is 15.8 Å². The van der Waals surface area contributed by atoms with E-state index >= 15 is 0 Å². The Kier molecular flexibility index (Phi) is 4.36. The summed E-state index contributed by atoms with van der Waals surface area (Å²) in [6, 6.07) is 1.88. The molecule has 0 saturated heterocycles. The third-order valence-corrected chi connectivity index (χ3v) is 2.60. The lowest BCUT2D eigenvalue weighted by Crippen LogP contribution is -2.39. The first-order chi connectivity index (χ1) is 8.36. The lowest BCUT2D eigenvalue weighted by atomic mass is 10.0. The van der Waals surface area contributed by atoms with Gasteiger partial charge in [-0.25, -0.2) is 4.39 Å². The SMILES string of the molecule is COc1cc(NC(C(N)=O)C(C)C)c(F)cc1N. The van der Waals surface area contributed by atoms with Crippen molar-refractivity contribution in [3.05, 3.63) is 17.9 Å². The van der Waals surface area contributed by atoms with Gasteiger partial charge in [0.05, 0.1) is 18.5 Å². The largest absolute Gasteiger partial charge is 0.495 e. The monoisotopic (exact) mass is 255 g/mol. The molecule has 18 heavy (non-hydrogen) atoms. The number of rotatable bonds is 5. The second kappa shape index (κ2) is 5.57. The summed E-state index contributed by atoms with van der Waals surface area (Å²) in [6.07, 6.45) is 0. The number of hydrogen-bond donors (Lipinski definition) is 3. The molecule has 1 aromatic carbocycles. The van der Waals surface area contributed by atoms with Crippen LogP contribution in [0.25, 0.3) is 0 Å². The molecule has 0 fully saturated rings. The molecule has 0 aromatic heterocycles. The van der Waals surface area contributed by atoms with Gasteiger partial charge in [0.15, 0.2) is 0 Å². The van der Waals surface area contributed by atoms with Crippen LogP contribution in [0.15, 0.2) is 12.1 Å². The van der Waals surface area contributed by atoms with E-state index in [-0.39, 0.29) is 17.3 Å². The van der Waals surface area contributed by atoms with E-state index in [4.69, 9.17) is 16.2 Å². The van der Waals surface area contributed by atoms with Crippen molar-refractivity contribution in [3.63, 3.8) is 0 Å². The number of benzene rings is 1. The summed E-state index contributed by atoms with van der Waals surface area (Å²) in [5.74, 6) is -0.822. The molecule has 0 bridgehead atoms. The van der Waals surface area contributed by atoms with Crippen LogP contribution in [0, 0.1) is 11.7 Å². The molecule has 0 aliphatic rings. The molecule has 5 N–H and O–H groups in total. The van der Waals surface area contributed by atoms with Crippen LogP contribution in [0.3, 0.4) is 0 Å². The predicted molar refractivity (Wildman–Crippen MR) is 68.8 cm³/mol. The molecule has 0 saturated carbocycles. The summed E-state index contributed by atoms with van der Waals surface area (Å²) in [7, 11) is 1.43. The summed E-state index contributed by atoms with van der Waals surface area (Å²) < 4.78 is 18.7. The van der Waals surface area contributed by atoms with Crippen molar-refractivity contribution < 1.29 is 13.9 Å². The van der Waals surface area contributed by atoms with Gasteiger partial charge < -0.3 is 21.5 Å². The van der Waals surface area contributed by atoms with Crippen molar-refractivity contribution in [1.82, 2.24) is 0 Å². The van der Waals surface area contributed by atoms with Gasteiger partial charge in [0.2, 0.25) is 5.91 Å². The number of nitrogens with two attached hydrogens (primary N) is 2. The smallest absolute Gasteiger partial charge is 0.240 e. The molecular weight excluding hydrogens is 237 g/mol. The number of hydrogen-bond acceptors (Lipinski definition) is 4. The van der Waals surface area contributed by atoms with Crippen LogP contribution in [0.1, 0.15) is 13.8 Å². The Morgan fingerprint density at radius 2 is 2.06 bits per heavy atom. The quantitative estimate of drug-likeness (QED) is 0.692. The minimum absolute atomic E-state index is 0.0644. The third-order valence-electron chi connectivity index (χ3n) is 2.60. The Morgan fingerprint density at radius 1 is 1.44 bits per heavy atom. The number of methoxy groups -OCH3 is 1. The Balaban J connectivity index is 3.06. The van der Waals surface area contributed by atoms with Crippen molar-refractivity contribution >= 4 is 17.3 Å². The molecule has 5 nitrogen and oxygen atoms in total. The van der Waals surface area contributed by atoms with Gasteiger partial charge in [0, 0.05) is 12.1 Å². The van der Waals surface area contributed by atoms with Crippen LogP contribution in [0.5, 0.6) is 5.75 Å². The highest BCUT2D eigenvalue weighted by molar-refractivity contribution is 5.83. The van der Waals surface area contributed by atoms with E-state index in [0.717, 1.165) is 6.07 Å². The molecule has 1 amide bonds. The molecule has 0 aliphatic heterocycles. The maximum Gasteiger partial charge on any atom is 0.240 e. The first-order valence-electron chi connectivity index (χ1n) is 5.55. The normalized spacial score (nSPS) is 12.3. The fraction of sp³-hybridized carbons (Fsp3) is 0.417. The lowest BCUT2D eigenvalue weighted by molar-refractivity contribution is -0.119. The van der Waals surface area contributed by atoms with Crippen molar-refractivity contribution in [2.75, 3.05) is 18.2 Å². The summed E-state index contributed by atoms with van der Waals surface area (Å²) in [5.41, 5.74) is 11.2. The van der Waals surface area contributed by atoms with Crippen molar-refractivity contribution in [3.8, 4) is 5.75 Å². The summed E-state index contributed by atoms with van der Waals surface area (Å²) in [5, 5.41) is 2.76. The highest BCUT2D eigenvalue weighted by Crippen LogP contribution is 2.29. The molecular formula is C12H18FN3O2. The van der Waals surface area contributed by atoms with Gasteiger partial charge in [-0.3, -0.25) is 4.79 Å². The minimum Gasteiger partial charge on any atom is -0.495 e. The number of carbonyl (C=O) groups is 1. The maximum absolute atomic E-state index is 13.7. The van der Waals surface area contributed by atoms with Crippen LogP contribution >= 0.6 is 0 Å². The standard InChI is InChI=1S/C12H18FN3O2/c1-6(2)11(12(15)17)16-9-5-10(18-3)8(14)4-7(9)13/h4-6,11,16H,14H2,1-3H3,(H2,15,17). The van der Waals surface area contributed by atoms with E-state index in [1.807, 2.05) is 13.8 Å². The first-order valence-corrected chi connectivity index (χ1v) is 5.55. The zero-order valence-electron chi connectivity index (χ0n) is 10.7. The first kappa shape index (κ1) is 14.1. The average molecular weight is 255 g/mol. The van der Waals surface area contributed by atoms with Crippen LogP contribution in [-0.4, -0.2) is 19.1 Å². The minimum atomic E-state index is -0.659. The van der Waals surface area contributed by atoms with Gasteiger partial charge in [-0.2, -0.15) is 0 Å². The molecule has 0 radical (unpaired) electrons. The van der Waals surface area contributed by atoms with E-state index < -0.39 is 17.8 Å². The zero-order valence-corrected chi connectivity index (χ0v) is 10.7. The van der Waals surface area contributed by atoms with Gasteiger partial charge >= 0.3 is 0 Å². The number of halogens is 1. The van der Waals surface area contributed by atoms with Gasteiger partial charge in [0.1, 0.15) is 17.6 Å². The fourth-order valence-electron chi connectivity index (χ4n) is 1.59. The molecule has 1 unspecified atom stereocenters. The van der Waals surface area contributed by atoms with E-state index in [9.17, 15) is 9.18 Å². The molecule has 1 rings (SSSR count). The number of carbonyl (C=O) groups excluding carboxylic acids is 1.